The summed E-state index contributed by atoms with van der Waals surface area (Å²) in [6.45, 7) is 0.433. The number of carbonyl (C=O) groups is 1. The molecule has 0 saturated carbocycles. The van der Waals surface area contributed by atoms with Crippen LogP contribution in [0.15, 0.2) is 18.2 Å². The summed E-state index contributed by atoms with van der Waals surface area (Å²) in [7, 11) is 0. The molecule has 0 fully saturated rings. The van der Waals surface area contributed by atoms with E-state index in [0.29, 0.717) is 11.5 Å². The molecule has 1 aromatic carbocycles. The molecular formula is C10H9ClO4. The van der Waals surface area contributed by atoms with Crippen molar-refractivity contribution >= 4 is 17.6 Å². The van der Waals surface area contributed by atoms with E-state index in [-0.39, 0.29) is 19.3 Å². The lowest BCUT2D eigenvalue weighted by Crippen LogP contribution is -2.05. The zero-order chi connectivity index (χ0) is 10.7. The molecule has 0 unspecified atom stereocenters. The number of esters is 1. The van der Waals surface area contributed by atoms with Crippen LogP contribution in [-0.4, -0.2) is 18.6 Å². The smallest absolute Gasteiger partial charge is 0.321 e. The SMILES string of the molecule is O=C(CCl)OCc1ccc2c(c1)OCO2. The average molecular weight is 229 g/mol. The standard InChI is InChI=1S/C10H9ClO4/c11-4-10(12)13-5-7-1-2-8-9(3-7)15-6-14-8/h1-3H,4-6H2. The van der Waals surface area contributed by atoms with Crippen LogP contribution < -0.4 is 9.47 Å². The van der Waals surface area contributed by atoms with Gasteiger partial charge in [-0.1, -0.05) is 6.07 Å². The molecule has 0 aromatic heterocycles. The van der Waals surface area contributed by atoms with Crippen molar-refractivity contribution in [2.45, 2.75) is 6.61 Å². The predicted octanol–water partition coefficient (Wildman–Crippen LogP) is 1.70. The molecule has 0 amide bonds. The van der Waals surface area contributed by atoms with Gasteiger partial charge in [-0.05, 0) is 17.7 Å². The summed E-state index contributed by atoms with van der Waals surface area (Å²) in [4.78, 5) is 10.8. The van der Waals surface area contributed by atoms with Crippen LogP contribution >= 0.6 is 11.6 Å². The number of hydrogen-bond acceptors (Lipinski definition) is 4. The van der Waals surface area contributed by atoms with E-state index in [2.05, 4.69) is 0 Å². The second kappa shape index (κ2) is 4.40. The van der Waals surface area contributed by atoms with Crippen LogP contribution in [0.4, 0.5) is 0 Å². The first-order valence-corrected chi connectivity index (χ1v) is 4.93. The minimum atomic E-state index is -0.436. The molecule has 5 heteroatoms. The molecular weight excluding hydrogens is 220 g/mol. The summed E-state index contributed by atoms with van der Waals surface area (Å²) in [5.41, 5.74) is 0.845. The Bertz CT molecular complexity index is 378. The average Bonchev–Trinajstić information content (AvgIpc) is 2.72. The second-order valence-corrected chi connectivity index (χ2v) is 3.25. The van der Waals surface area contributed by atoms with Crippen LogP contribution in [0.5, 0.6) is 11.5 Å². The molecule has 0 spiro atoms. The third kappa shape index (κ3) is 2.33. The van der Waals surface area contributed by atoms with Gasteiger partial charge in [0.2, 0.25) is 6.79 Å². The van der Waals surface area contributed by atoms with Crippen LogP contribution in [0.2, 0.25) is 0 Å². The van der Waals surface area contributed by atoms with Gasteiger partial charge in [-0.2, -0.15) is 0 Å². The minimum absolute atomic E-state index is 0.134. The number of ether oxygens (including phenoxy) is 3. The Labute approximate surface area is 91.7 Å². The highest BCUT2D eigenvalue weighted by Crippen LogP contribution is 2.32. The van der Waals surface area contributed by atoms with E-state index in [1.807, 2.05) is 6.07 Å². The predicted molar refractivity (Wildman–Crippen MR) is 53.1 cm³/mol. The van der Waals surface area contributed by atoms with Crippen LogP contribution in [-0.2, 0) is 16.1 Å². The third-order valence-corrected chi connectivity index (χ3v) is 2.16. The first-order valence-electron chi connectivity index (χ1n) is 4.39. The molecule has 15 heavy (non-hydrogen) atoms. The Morgan fingerprint density at radius 3 is 3.00 bits per heavy atom. The molecule has 0 N–H and O–H groups in total. The van der Waals surface area contributed by atoms with Crippen LogP contribution in [0.3, 0.4) is 0 Å². The third-order valence-electron chi connectivity index (χ3n) is 1.95. The highest BCUT2D eigenvalue weighted by Gasteiger charge is 2.13. The minimum Gasteiger partial charge on any atom is -0.460 e. The molecule has 0 saturated heterocycles. The highest BCUT2D eigenvalue weighted by molar-refractivity contribution is 6.26. The molecule has 4 nitrogen and oxygen atoms in total. The summed E-state index contributed by atoms with van der Waals surface area (Å²) in [6.07, 6.45) is 0. The summed E-state index contributed by atoms with van der Waals surface area (Å²) in [5, 5.41) is 0. The molecule has 0 atom stereocenters. The zero-order valence-electron chi connectivity index (χ0n) is 7.86. The molecule has 1 aliphatic rings. The van der Waals surface area contributed by atoms with Gasteiger partial charge in [-0.25, -0.2) is 0 Å². The quantitative estimate of drug-likeness (QED) is 0.584. The van der Waals surface area contributed by atoms with Gasteiger partial charge in [-0.15, -0.1) is 11.6 Å². The van der Waals surface area contributed by atoms with Crippen molar-refractivity contribution in [2.24, 2.45) is 0 Å². The van der Waals surface area contributed by atoms with Crippen LogP contribution in [0.1, 0.15) is 5.56 Å². The van der Waals surface area contributed by atoms with E-state index >= 15 is 0 Å². The van der Waals surface area contributed by atoms with Gasteiger partial charge in [0.15, 0.2) is 11.5 Å². The Morgan fingerprint density at radius 2 is 2.20 bits per heavy atom. The van der Waals surface area contributed by atoms with Crippen molar-refractivity contribution in [3.8, 4) is 11.5 Å². The van der Waals surface area contributed by atoms with E-state index < -0.39 is 5.97 Å². The van der Waals surface area contributed by atoms with Crippen molar-refractivity contribution in [3.63, 3.8) is 0 Å². The fraction of sp³-hybridized carbons (Fsp3) is 0.300. The molecule has 0 bridgehead atoms. The van der Waals surface area contributed by atoms with Gasteiger partial charge in [0.1, 0.15) is 12.5 Å². The molecule has 2 rings (SSSR count). The molecule has 1 aromatic rings. The topological polar surface area (TPSA) is 44.8 Å². The monoisotopic (exact) mass is 228 g/mol. The highest BCUT2D eigenvalue weighted by atomic mass is 35.5. The normalized spacial score (nSPS) is 12.6. The molecule has 0 radical (unpaired) electrons. The number of alkyl halides is 1. The Balaban J connectivity index is 2.01. The molecule has 80 valence electrons. The maximum atomic E-state index is 10.8. The van der Waals surface area contributed by atoms with E-state index in [4.69, 9.17) is 25.8 Å². The fourth-order valence-electron chi connectivity index (χ4n) is 1.23. The lowest BCUT2D eigenvalue weighted by Gasteiger charge is -2.03. The van der Waals surface area contributed by atoms with Gasteiger partial charge in [0.25, 0.3) is 0 Å². The lowest BCUT2D eigenvalue weighted by atomic mass is 10.2. The van der Waals surface area contributed by atoms with Crippen LogP contribution in [0.25, 0.3) is 0 Å². The van der Waals surface area contributed by atoms with Gasteiger partial charge < -0.3 is 14.2 Å². The van der Waals surface area contributed by atoms with Gasteiger partial charge in [0.05, 0.1) is 0 Å². The number of hydrogen-bond donors (Lipinski definition) is 0. The van der Waals surface area contributed by atoms with E-state index in [1.165, 1.54) is 0 Å². The Hall–Kier alpha value is -1.42. The Morgan fingerprint density at radius 1 is 1.40 bits per heavy atom. The zero-order valence-corrected chi connectivity index (χ0v) is 8.62. The van der Waals surface area contributed by atoms with Crippen molar-refractivity contribution in [1.82, 2.24) is 0 Å². The van der Waals surface area contributed by atoms with Crippen LogP contribution in [0, 0.1) is 0 Å². The molecule has 1 aliphatic heterocycles. The summed E-state index contributed by atoms with van der Waals surface area (Å²) in [5.74, 6) is 0.816. The number of rotatable bonds is 3. The number of benzene rings is 1. The molecule has 1 heterocycles. The van der Waals surface area contributed by atoms with Gasteiger partial charge >= 0.3 is 5.97 Å². The van der Waals surface area contributed by atoms with Crippen molar-refractivity contribution in [3.05, 3.63) is 23.8 Å². The van der Waals surface area contributed by atoms with E-state index in [9.17, 15) is 4.79 Å². The largest absolute Gasteiger partial charge is 0.460 e. The van der Waals surface area contributed by atoms with E-state index in [1.54, 1.807) is 12.1 Å². The summed E-state index contributed by atoms with van der Waals surface area (Å²) in [6, 6.07) is 5.38. The maximum absolute atomic E-state index is 10.8. The second-order valence-electron chi connectivity index (χ2n) is 2.98. The number of fused-ring (bicyclic) bond motifs is 1. The first kappa shape index (κ1) is 10.1. The summed E-state index contributed by atoms with van der Waals surface area (Å²) >= 11 is 5.29. The fourth-order valence-corrected chi connectivity index (χ4v) is 1.31. The molecule has 0 aliphatic carbocycles. The van der Waals surface area contributed by atoms with E-state index in [0.717, 1.165) is 5.56 Å². The van der Waals surface area contributed by atoms with Gasteiger partial charge in [-0.3, -0.25) is 4.79 Å². The maximum Gasteiger partial charge on any atom is 0.321 e. The summed E-state index contributed by atoms with van der Waals surface area (Å²) < 4.78 is 15.2. The number of carbonyl (C=O) groups excluding carboxylic acids is 1. The Kier molecular flexibility index (Phi) is 2.97. The van der Waals surface area contributed by atoms with Gasteiger partial charge in [0, 0.05) is 0 Å². The lowest BCUT2D eigenvalue weighted by molar-refractivity contribution is -0.141. The van der Waals surface area contributed by atoms with Crippen molar-refractivity contribution < 1.29 is 19.0 Å². The van der Waals surface area contributed by atoms with Crippen molar-refractivity contribution in [2.75, 3.05) is 12.7 Å². The number of halogens is 1. The van der Waals surface area contributed by atoms with Crippen molar-refractivity contribution in [1.29, 1.82) is 0 Å². The first-order chi connectivity index (χ1) is 7.29.